The van der Waals surface area contributed by atoms with Crippen molar-refractivity contribution in [3.05, 3.63) is 48.0 Å². The molecule has 0 aliphatic carbocycles. The van der Waals surface area contributed by atoms with Crippen LogP contribution in [0.15, 0.2) is 36.7 Å². The number of hydrogen-bond donors (Lipinski definition) is 1. The van der Waals surface area contributed by atoms with Gasteiger partial charge in [0, 0.05) is 51.7 Å². The first-order chi connectivity index (χ1) is 12.8. The van der Waals surface area contributed by atoms with Gasteiger partial charge in [-0.05, 0) is 19.1 Å². The molecular formula is C18H22F3N5O. The Kier molecular flexibility index (Phi) is 5.69. The standard InChI is InChI=1S/C18H22F3N5O/c1-14-22-6-7-25(14)11-8-24-9-12-26(13-10-24)17(27)23-16-5-3-2-4-15(16)18(19,20)21/h2-7H,8-13H2,1H3,(H,23,27). The summed E-state index contributed by atoms with van der Waals surface area (Å²) in [5.74, 6) is 0.955. The predicted molar refractivity (Wildman–Crippen MR) is 95.4 cm³/mol. The van der Waals surface area contributed by atoms with Gasteiger partial charge in [-0.25, -0.2) is 9.78 Å². The number of urea groups is 1. The number of carbonyl (C=O) groups is 1. The number of aromatic nitrogens is 2. The Morgan fingerprint density at radius 3 is 2.48 bits per heavy atom. The maximum Gasteiger partial charge on any atom is 0.418 e. The van der Waals surface area contributed by atoms with Crippen LogP contribution in [0.2, 0.25) is 0 Å². The highest BCUT2D eigenvalue weighted by Gasteiger charge is 2.34. The number of imidazole rings is 1. The molecule has 27 heavy (non-hydrogen) atoms. The number of alkyl halides is 3. The number of rotatable bonds is 4. The molecule has 146 valence electrons. The van der Waals surface area contributed by atoms with Gasteiger partial charge in [0.25, 0.3) is 0 Å². The average molecular weight is 381 g/mol. The summed E-state index contributed by atoms with van der Waals surface area (Å²) in [6, 6.07) is 4.51. The van der Waals surface area contributed by atoms with Crippen LogP contribution in [0.1, 0.15) is 11.4 Å². The van der Waals surface area contributed by atoms with E-state index < -0.39 is 17.8 Å². The van der Waals surface area contributed by atoms with Crippen molar-refractivity contribution in [3.8, 4) is 0 Å². The van der Waals surface area contributed by atoms with E-state index in [9.17, 15) is 18.0 Å². The van der Waals surface area contributed by atoms with E-state index in [1.165, 1.54) is 18.2 Å². The van der Waals surface area contributed by atoms with Crippen LogP contribution in [0.4, 0.5) is 23.7 Å². The lowest BCUT2D eigenvalue weighted by Gasteiger charge is -2.34. The average Bonchev–Trinajstić information content (AvgIpc) is 3.05. The SMILES string of the molecule is Cc1nccn1CCN1CCN(C(=O)Nc2ccccc2C(F)(F)F)CC1. The second kappa shape index (κ2) is 7.99. The number of piperazine rings is 1. The van der Waals surface area contributed by atoms with E-state index in [4.69, 9.17) is 0 Å². The number of amides is 2. The third kappa shape index (κ3) is 4.79. The number of nitrogens with one attached hydrogen (secondary N) is 1. The molecule has 1 aliphatic rings. The van der Waals surface area contributed by atoms with E-state index in [0.29, 0.717) is 26.2 Å². The molecule has 1 saturated heterocycles. The lowest BCUT2D eigenvalue weighted by atomic mass is 10.1. The molecular weight excluding hydrogens is 359 g/mol. The van der Waals surface area contributed by atoms with Crippen molar-refractivity contribution in [3.63, 3.8) is 0 Å². The Morgan fingerprint density at radius 1 is 1.15 bits per heavy atom. The lowest BCUT2D eigenvalue weighted by Crippen LogP contribution is -2.50. The summed E-state index contributed by atoms with van der Waals surface area (Å²) in [4.78, 5) is 20.3. The number of halogens is 3. The number of benzene rings is 1. The first kappa shape index (κ1) is 19.2. The Hall–Kier alpha value is -2.55. The summed E-state index contributed by atoms with van der Waals surface area (Å²) < 4.78 is 41.2. The zero-order valence-corrected chi connectivity index (χ0v) is 15.0. The molecule has 3 rings (SSSR count). The fourth-order valence-corrected chi connectivity index (χ4v) is 3.10. The minimum absolute atomic E-state index is 0.215. The van der Waals surface area contributed by atoms with E-state index in [2.05, 4.69) is 19.8 Å². The maximum atomic E-state index is 13.0. The van der Waals surface area contributed by atoms with Gasteiger partial charge < -0.3 is 14.8 Å². The van der Waals surface area contributed by atoms with Crippen molar-refractivity contribution < 1.29 is 18.0 Å². The van der Waals surface area contributed by atoms with Crippen molar-refractivity contribution in [2.45, 2.75) is 19.6 Å². The fraction of sp³-hybridized carbons (Fsp3) is 0.444. The molecule has 1 N–H and O–H groups in total. The summed E-state index contributed by atoms with van der Waals surface area (Å²) in [6.07, 6.45) is -0.818. The molecule has 2 aromatic rings. The van der Waals surface area contributed by atoms with Gasteiger partial charge in [0.15, 0.2) is 0 Å². The Bertz CT molecular complexity index is 781. The highest BCUT2D eigenvalue weighted by atomic mass is 19.4. The van der Waals surface area contributed by atoms with Crippen molar-refractivity contribution in [1.29, 1.82) is 0 Å². The molecule has 1 aromatic carbocycles. The first-order valence-electron chi connectivity index (χ1n) is 8.77. The highest BCUT2D eigenvalue weighted by molar-refractivity contribution is 5.90. The monoisotopic (exact) mass is 381 g/mol. The molecule has 1 fully saturated rings. The molecule has 2 amide bonds. The molecule has 1 aromatic heterocycles. The molecule has 0 bridgehead atoms. The van der Waals surface area contributed by atoms with Crippen LogP contribution in [-0.4, -0.2) is 58.1 Å². The predicted octanol–water partition coefficient (Wildman–Crippen LogP) is 3.06. The van der Waals surface area contributed by atoms with Gasteiger partial charge in [0.2, 0.25) is 0 Å². The van der Waals surface area contributed by atoms with E-state index >= 15 is 0 Å². The summed E-state index contributed by atoms with van der Waals surface area (Å²) in [5.41, 5.74) is -1.05. The number of carbonyl (C=O) groups excluding carboxylic acids is 1. The van der Waals surface area contributed by atoms with Crippen LogP contribution in [0.3, 0.4) is 0 Å². The van der Waals surface area contributed by atoms with Gasteiger partial charge >= 0.3 is 12.2 Å². The van der Waals surface area contributed by atoms with E-state index in [0.717, 1.165) is 25.0 Å². The topological polar surface area (TPSA) is 53.4 Å². The van der Waals surface area contributed by atoms with Gasteiger partial charge in [0.1, 0.15) is 5.82 Å². The van der Waals surface area contributed by atoms with Crippen LogP contribution < -0.4 is 5.32 Å². The van der Waals surface area contributed by atoms with Crippen LogP contribution in [0, 0.1) is 6.92 Å². The molecule has 9 heteroatoms. The zero-order valence-electron chi connectivity index (χ0n) is 15.0. The van der Waals surface area contributed by atoms with E-state index in [-0.39, 0.29) is 5.69 Å². The number of anilines is 1. The Balaban J connectivity index is 1.51. The molecule has 0 saturated carbocycles. The minimum Gasteiger partial charge on any atom is -0.334 e. The van der Waals surface area contributed by atoms with Crippen molar-refractivity contribution in [2.75, 3.05) is 38.0 Å². The molecule has 0 unspecified atom stereocenters. The summed E-state index contributed by atoms with van der Waals surface area (Å²) in [5, 5.41) is 2.40. The largest absolute Gasteiger partial charge is 0.418 e. The normalized spacial score (nSPS) is 15.8. The second-order valence-corrected chi connectivity index (χ2v) is 6.47. The van der Waals surface area contributed by atoms with Crippen LogP contribution >= 0.6 is 0 Å². The Morgan fingerprint density at radius 2 is 1.85 bits per heavy atom. The van der Waals surface area contributed by atoms with Gasteiger partial charge in [-0.2, -0.15) is 13.2 Å². The van der Waals surface area contributed by atoms with Crippen molar-refractivity contribution >= 4 is 11.7 Å². The van der Waals surface area contributed by atoms with Crippen molar-refractivity contribution in [1.82, 2.24) is 19.4 Å². The number of nitrogens with zero attached hydrogens (tertiary/aromatic N) is 4. The van der Waals surface area contributed by atoms with Gasteiger partial charge in [0.05, 0.1) is 11.3 Å². The summed E-state index contributed by atoms with van der Waals surface area (Å²) in [6.45, 7) is 5.91. The molecule has 0 radical (unpaired) electrons. The lowest BCUT2D eigenvalue weighted by molar-refractivity contribution is -0.136. The number of para-hydroxylation sites is 1. The molecule has 6 nitrogen and oxygen atoms in total. The summed E-state index contributed by atoms with van der Waals surface area (Å²) in [7, 11) is 0. The van der Waals surface area contributed by atoms with E-state index in [1.54, 1.807) is 11.1 Å². The highest BCUT2D eigenvalue weighted by Crippen LogP contribution is 2.34. The molecule has 2 heterocycles. The van der Waals surface area contributed by atoms with Crippen LogP contribution in [0.25, 0.3) is 0 Å². The van der Waals surface area contributed by atoms with Gasteiger partial charge in [-0.3, -0.25) is 4.90 Å². The molecule has 0 spiro atoms. The fourth-order valence-electron chi connectivity index (χ4n) is 3.10. The maximum absolute atomic E-state index is 13.0. The first-order valence-corrected chi connectivity index (χ1v) is 8.77. The van der Waals surface area contributed by atoms with Gasteiger partial charge in [-0.15, -0.1) is 0 Å². The van der Waals surface area contributed by atoms with Crippen LogP contribution in [-0.2, 0) is 12.7 Å². The van der Waals surface area contributed by atoms with Gasteiger partial charge in [-0.1, -0.05) is 12.1 Å². The second-order valence-electron chi connectivity index (χ2n) is 6.47. The third-order valence-corrected chi connectivity index (χ3v) is 4.71. The third-order valence-electron chi connectivity index (χ3n) is 4.71. The molecule has 1 aliphatic heterocycles. The Labute approximate surface area is 155 Å². The summed E-state index contributed by atoms with van der Waals surface area (Å²) >= 11 is 0. The molecule has 0 atom stereocenters. The smallest absolute Gasteiger partial charge is 0.334 e. The quantitative estimate of drug-likeness (QED) is 0.886. The zero-order chi connectivity index (χ0) is 19.4. The number of hydrogen-bond acceptors (Lipinski definition) is 3. The van der Waals surface area contributed by atoms with E-state index in [1.807, 2.05) is 13.1 Å². The minimum atomic E-state index is -4.51. The number of aryl methyl sites for hydroxylation is 1. The van der Waals surface area contributed by atoms with Crippen molar-refractivity contribution in [2.24, 2.45) is 0 Å². The van der Waals surface area contributed by atoms with Crippen LogP contribution in [0.5, 0.6) is 0 Å².